The Morgan fingerprint density at radius 2 is 2.00 bits per heavy atom. The first-order valence-electron chi connectivity index (χ1n) is 5.16. The van der Waals surface area contributed by atoms with Crippen LogP contribution in [0.5, 0.6) is 0 Å². The first-order valence-corrected chi connectivity index (χ1v) is 7.05. The number of alkyl halides is 3. The summed E-state index contributed by atoms with van der Waals surface area (Å²) in [6.07, 6.45) is -2.38. The fourth-order valence-electron chi connectivity index (χ4n) is 1.61. The molecule has 2 rings (SSSR count). The molecule has 0 aromatic carbocycles. The van der Waals surface area contributed by atoms with Gasteiger partial charge in [0.15, 0.2) is 9.84 Å². The molecule has 100 valence electrons. The van der Waals surface area contributed by atoms with Crippen LogP contribution in [0.25, 0.3) is 0 Å². The zero-order valence-corrected chi connectivity index (χ0v) is 10.3. The number of anilines is 1. The molecule has 0 spiro atoms. The molecule has 1 aromatic rings. The third kappa shape index (κ3) is 2.29. The zero-order valence-electron chi connectivity index (χ0n) is 9.45. The molecule has 1 aliphatic carbocycles. The summed E-state index contributed by atoms with van der Waals surface area (Å²) < 4.78 is 61.2. The minimum atomic E-state index is -4.42. The number of pyridine rings is 1. The van der Waals surface area contributed by atoms with Crippen molar-refractivity contribution in [3.05, 3.63) is 18.3 Å². The monoisotopic (exact) mass is 280 g/mol. The second kappa shape index (κ2) is 3.84. The van der Waals surface area contributed by atoms with Crippen LogP contribution >= 0.6 is 0 Å². The summed E-state index contributed by atoms with van der Waals surface area (Å²) >= 11 is 0. The van der Waals surface area contributed by atoms with Crippen LogP contribution in [0, 0.1) is 0 Å². The van der Waals surface area contributed by atoms with E-state index in [9.17, 15) is 21.6 Å². The van der Waals surface area contributed by atoms with Gasteiger partial charge in [0, 0.05) is 12.5 Å². The summed E-state index contributed by atoms with van der Waals surface area (Å²) in [4.78, 5) is 3.47. The molecule has 0 atom stereocenters. The van der Waals surface area contributed by atoms with Gasteiger partial charge < -0.3 is 5.32 Å². The summed E-state index contributed by atoms with van der Waals surface area (Å²) in [6, 6.07) is 2.60. The molecule has 1 N–H and O–H groups in total. The summed E-state index contributed by atoms with van der Waals surface area (Å²) in [6.45, 7) is 0. The largest absolute Gasteiger partial charge is 0.411 e. The summed E-state index contributed by atoms with van der Waals surface area (Å²) in [5, 5.41) is 2.23. The summed E-state index contributed by atoms with van der Waals surface area (Å²) in [5.41, 5.74) is -2.03. The first-order chi connectivity index (χ1) is 8.16. The Kier molecular flexibility index (Phi) is 2.80. The van der Waals surface area contributed by atoms with E-state index in [0.717, 1.165) is 6.26 Å². The van der Waals surface area contributed by atoms with Crippen molar-refractivity contribution < 1.29 is 21.6 Å². The van der Waals surface area contributed by atoms with Gasteiger partial charge in [-0.05, 0) is 25.0 Å². The van der Waals surface area contributed by atoms with Crippen LogP contribution in [0.15, 0.2) is 23.2 Å². The molecule has 1 fully saturated rings. The molecule has 0 saturated heterocycles. The average molecular weight is 280 g/mol. The van der Waals surface area contributed by atoms with E-state index in [1.54, 1.807) is 0 Å². The molecule has 0 aliphatic heterocycles. The lowest BCUT2D eigenvalue weighted by Crippen LogP contribution is -2.39. The van der Waals surface area contributed by atoms with Crippen molar-refractivity contribution in [3.8, 4) is 0 Å². The molecular formula is C10H11F3N2O2S. The maximum atomic E-state index is 12.8. The minimum Gasteiger partial charge on any atom is -0.355 e. The van der Waals surface area contributed by atoms with E-state index in [4.69, 9.17) is 0 Å². The Morgan fingerprint density at radius 3 is 2.44 bits per heavy atom. The van der Waals surface area contributed by atoms with Crippen molar-refractivity contribution in [2.24, 2.45) is 0 Å². The van der Waals surface area contributed by atoms with Crippen LogP contribution in [0.2, 0.25) is 0 Å². The van der Waals surface area contributed by atoms with E-state index in [1.165, 1.54) is 18.3 Å². The molecule has 0 radical (unpaired) electrons. The third-order valence-corrected chi connectivity index (χ3v) is 3.95. The first kappa shape index (κ1) is 13.1. The van der Waals surface area contributed by atoms with Crippen LogP contribution in [-0.4, -0.2) is 31.4 Å². The fraction of sp³-hybridized carbons (Fsp3) is 0.500. The van der Waals surface area contributed by atoms with Crippen molar-refractivity contribution in [2.45, 2.75) is 29.5 Å². The van der Waals surface area contributed by atoms with Gasteiger partial charge in [-0.2, -0.15) is 13.2 Å². The van der Waals surface area contributed by atoms with Gasteiger partial charge in [-0.15, -0.1) is 0 Å². The molecule has 1 heterocycles. The fourth-order valence-corrected chi connectivity index (χ4v) is 2.40. The van der Waals surface area contributed by atoms with Gasteiger partial charge in [-0.25, -0.2) is 13.4 Å². The summed E-state index contributed by atoms with van der Waals surface area (Å²) in [7, 11) is -3.62. The highest BCUT2D eigenvalue weighted by Crippen LogP contribution is 2.51. The number of hydrogen-bond acceptors (Lipinski definition) is 4. The van der Waals surface area contributed by atoms with Crippen LogP contribution in [0.4, 0.5) is 19.0 Å². The highest BCUT2D eigenvalue weighted by atomic mass is 32.2. The SMILES string of the molecule is CS(=O)(=O)c1cccnc1NC1(C(F)(F)F)CC1. The van der Waals surface area contributed by atoms with Crippen molar-refractivity contribution in [3.63, 3.8) is 0 Å². The predicted octanol–water partition coefficient (Wildman–Crippen LogP) is 1.99. The number of nitrogens with one attached hydrogen (secondary N) is 1. The zero-order chi connectivity index (χ0) is 13.6. The number of nitrogens with zero attached hydrogens (tertiary/aromatic N) is 1. The number of rotatable bonds is 3. The molecule has 1 saturated carbocycles. The van der Waals surface area contributed by atoms with Gasteiger partial charge in [0.2, 0.25) is 0 Å². The van der Waals surface area contributed by atoms with Crippen LogP contribution < -0.4 is 5.32 Å². The molecule has 8 heteroatoms. The van der Waals surface area contributed by atoms with Crippen LogP contribution in [0.1, 0.15) is 12.8 Å². The summed E-state index contributed by atoms with van der Waals surface area (Å²) in [5.74, 6) is -0.241. The number of aromatic nitrogens is 1. The Labute approximate surface area is 102 Å². The smallest absolute Gasteiger partial charge is 0.355 e. The minimum absolute atomic E-state index is 0.0731. The highest BCUT2D eigenvalue weighted by molar-refractivity contribution is 7.90. The maximum absolute atomic E-state index is 12.8. The molecule has 1 aliphatic rings. The number of halogens is 3. The molecule has 0 bridgehead atoms. The molecule has 18 heavy (non-hydrogen) atoms. The maximum Gasteiger partial charge on any atom is 0.411 e. The quantitative estimate of drug-likeness (QED) is 0.920. The van der Waals surface area contributed by atoms with Gasteiger partial charge in [-0.3, -0.25) is 0 Å². The second-order valence-corrected chi connectivity index (χ2v) is 6.31. The molecule has 0 amide bonds. The Morgan fingerprint density at radius 1 is 1.39 bits per heavy atom. The molecule has 0 unspecified atom stereocenters. The lowest BCUT2D eigenvalue weighted by molar-refractivity contribution is -0.151. The normalized spacial score (nSPS) is 18.4. The van der Waals surface area contributed by atoms with E-state index >= 15 is 0 Å². The lowest BCUT2D eigenvalue weighted by atomic mass is 10.2. The van der Waals surface area contributed by atoms with Crippen molar-refractivity contribution in [1.29, 1.82) is 0 Å². The Bertz CT molecular complexity index is 565. The van der Waals surface area contributed by atoms with E-state index in [1.807, 2.05) is 0 Å². The predicted molar refractivity (Wildman–Crippen MR) is 59.0 cm³/mol. The van der Waals surface area contributed by atoms with Gasteiger partial charge in [0.05, 0.1) is 0 Å². The van der Waals surface area contributed by atoms with E-state index in [-0.39, 0.29) is 23.6 Å². The van der Waals surface area contributed by atoms with Crippen LogP contribution in [0.3, 0.4) is 0 Å². The van der Waals surface area contributed by atoms with Gasteiger partial charge >= 0.3 is 6.18 Å². The third-order valence-electron chi connectivity index (χ3n) is 2.82. The van der Waals surface area contributed by atoms with Crippen LogP contribution in [-0.2, 0) is 9.84 Å². The van der Waals surface area contributed by atoms with E-state index in [2.05, 4.69) is 10.3 Å². The Hall–Kier alpha value is -1.31. The average Bonchev–Trinajstić information content (AvgIpc) is 2.97. The van der Waals surface area contributed by atoms with Crippen molar-refractivity contribution in [1.82, 2.24) is 4.98 Å². The van der Waals surface area contributed by atoms with Gasteiger partial charge in [0.25, 0.3) is 0 Å². The number of hydrogen-bond donors (Lipinski definition) is 1. The molecule has 4 nitrogen and oxygen atoms in total. The second-order valence-electron chi connectivity index (χ2n) is 4.33. The van der Waals surface area contributed by atoms with E-state index < -0.39 is 21.6 Å². The molecule has 1 aromatic heterocycles. The van der Waals surface area contributed by atoms with Crippen molar-refractivity contribution in [2.75, 3.05) is 11.6 Å². The highest BCUT2D eigenvalue weighted by Gasteiger charge is 2.64. The Balaban J connectivity index is 2.37. The number of sulfone groups is 1. The lowest BCUT2D eigenvalue weighted by Gasteiger charge is -2.22. The topological polar surface area (TPSA) is 59.1 Å². The van der Waals surface area contributed by atoms with Crippen molar-refractivity contribution >= 4 is 15.7 Å². The van der Waals surface area contributed by atoms with E-state index in [0.29, 0.717) is 0 Å². The molecular weight excluding hydrogens is 269 g/mol. The van der Waals surface area contributed by atoms with Gasteiger partial charge in [0.1, 0.15) is 16.3 Å². The van der Waals surface area contributed by atoms with Gasteiger partial charge in [-0.1, -0.05) is 0 Å². The standard InChI is InChI=1S/C10H11F3N2O2S/c1-18(16,17)7-3-2-6-14-8(7)15-9(4-5-9)10(11,12)13/h2-3,6H,4-5H2,1H3,(H,14,15).